The van der Waals surface area contributed by atoms with E-state index in [1.807, 2.05) is 6.92 Å². The number of ketones is 1. The second-order valence-electron chi connectivity index (χ2n) is 6.67. The van der Waals surface area contributed by atoms with E-state index in [4.69, 9.17) is 0 Å². The molecule has 3 heteroatoms. The van der Waals surface area contributed by atoms with Crippen LogP contribution in [0.4, 0.5) is 0 Å². The Hall–Kier alpha value is -0.930. The van der Waals surface area contributed by atoms with Gasteiger partial charge in [-0.2, -0.15) is 0 Å². The van der Waals surface area contributed by atoms with E-state index in [0.717, 1.165) is 12.0 Å². The molecule has 1 saturated carbocycles. The van der Waals surface area contributed by atoms with Crippen molar-refractivity contribution in [2.24, 2.45) is 17.3 Å². The van der Waals surface area contributed by atoms with Crippen LogP contribution < -0.4 is 0 Å². The van der Waals surface area contributed by atoms with Crippen LogP contribution in [-0.4, -0.2) is 28.2 Å². The van der Waals surface area contributed by atoms with Crippen molar-refractivity contribution in [2.75, 3.05) is 0 Å². The molecule has 5 atom stereocenters. The SMILES string of the molecule is CC1=C2C=C[C@]3(C)C[C@H](O)[C@H](O)C[C@@H]3[C@@H]2CCC1=O. The van der Waals surface area contributed by atoms with Gasteiger partial charge in [-0.25, -0.2) is 0 Å². The van der Waals surface area contributed by atoms with E-state index in [1.165, 1.54) is 5.57 Å². The summed E-state index contributed by atoms with van der Waals surface area (Å²) in [5.41, 5.74) is 2.02. The Balaban J connectivity index is 2.03. The molecule has 0 saturated heterocycles. The summed E-state index contributed by atoms with van der Waals surface area (Å²) in [4.78, 5) is 11.8. The molecule has 1 fully saturated rings. The van der Waals surface area contributed by atoms with Crippen molar-refractivity contribution in [2.45, 2.75) is 51.7 Å². The zero-order valence-corrected chi connectivity index (χ0v) is 11.6. The molecule has 3 aliphatic rings. The normalized spacial score (nSPS) is 46.0. The third kappa shape index (κ3) is 1.91. The van der Waals surface area contributed by atoms with Crippen molar-refractivity contribution in [3.63, 3.8) is 0 Å². The number of allylic oxidation sites excluding steroid dienone is 4. The fraction of sp³-hybridized carbons (Fsp3) is 0.688. The largest absolute Gasteiger partial charge is 0.390 e. The van der Waals surface area contributed by atoms with Gasteiger partial charge in [0.2, 0.25) is 0 Å². The van der Waals surface area contributed by atoms with Gasteiger partial charge in [-0.15, -0.1) is 0 Å². The number of aliphatic hydroxyl groups is 2. The van der Waals surface area contributed by atoms with Crippen LogP contribution in [0, 0.1) is 17.3 Å². The van der Waals surface area contributed by atoms with Crippen molar-refractivity contribution < 1.29 is 15.0 Å². The quantitative estimate of drug-likeness (QED) is 0.702. The third-order valence-electron chi connectivity index (χ3n) is 5.50. The minimum absolute atomic E-state index is 0.0481. The van der Waals surface area contributed by atoms with E-state index in [2.05, 4.69) is 19.1 Å². The average molecular weight is 262 g/mol. The van der Waals surface area contributed by atoms with E-state index in [1.54, 1.807) is 0 Å². The predicted molar refractivity (Wildman–Crippen MR) is 72.4 cm³/mol. The molecule has 19 heavy (non-hydrogen) atoms. The van der Waals surface area contributed by atoms with Gasteiger partial charge in [0, 0.05) is 6.42 Å². The monoisotopic (exact) mass is 262 g/mol. The highest BCUT2D eigenvalue weighted by Crippen LogP contribution is 2.53. The molecular weight excluding hydrogens is 240 g/mol. The molecule has 3 rings (SSSR count). The number of carbonyl (C=O) groups excluding carboxylic acids is 1. The first-order chi connectivity index (χ1) is 8.92. The summed E-state index contributed by atoms with van der Waals surface area (Å²) in [6.07, 6.45) is 5.77. The lowest BCUT2D eigenvalue weighted by atomic mass is 9.55. The molecule has 0 aromatic rings. The van der Waals surface area contributed by atoms with Crippen LogP contribution in [0.25, 0.3) is 0 Å². The van der Waals surface area contributed by atoms with Gasteiger partial charge < -0.3 is 10.2 Å². The summed E-state index contributed by atoms with van der Waals surface area (Å²) < 4.78 is 0. The van der Waals surface area contributed by atoms with Crippen LogP contribution in [0.3, 0.4) is 0 Å². The number of Topliss-reactive ketones (excluding diaryl/α,β-unsaturated/α-hetero) is 1. The molecule has 0 amide bonds. The number of rotatable bonds is 0. The van der Waals surface area contributed by atoms with E-state index in [-0.39, 0.29) is 11.2 Å². The smallest absolute Gasteiger partial charge is 0.158 e. The van der Waals surface area contributed by atoms with Crippen molar-refractivity contribution in [1.82, 2.24) is 0 Å². The van der Waals surface area contributed by atoms with Crippen LogP contribution in [0.1, 0.15) is 39.5 Å². The topological polar surface area (TPSA) is 57.5 Å². The maximum atomic E-state index is 11.8. The Morgan fingerprint density at radius 1 is 1.32 bits per heavy atom. The highest BCUT2D eigenvalue weighted by atomic mass is 16.3. The number of aliphatic hydroxyl groups excluding tert-OH is 2. The van der Waals surface area contributed by atoms with Crippen LogP contribution >= 0.6 is 0 Å². The summed E-state index contributed by atoms with van der Waals surface area (Å²) in [5.74, 6) is 0.972. The summed E-state index contributed by atoms with van der Waals surface area (Å²) in [6.45, 7) is 4.09. The van der Waals surface area contributed by atoms with Crippen molar-refractivity contribution in [3.8, 4) is 0 Å². The molecular formula is C16H22O3. The molecule has 0 radical (unpaired) electrons. The predicted octanol–water partition coefficient (Wildman–Crippen LogP) is 1.99. The van der Waals surface area contributed by atoms with Gasteiger partial charge in [0.15, 0.2) is 5.78 Å². The summed E-state index contributed by atoms with van der Waals surface area (Å²) in [5, 5.41) is 19.9. The van der Waals surface area contributed by atoms with Crippen LogP contribution in [-0.2, 0) is 4.79 Å². The lowest BCUT2D eigenvalue weighted by Gasteiger charge is -2.51. The fourth-order valence-electron chi connectivity index (χ4n) is 4.26. The van der Waals surface area contributed by atoms with Crippen molar-refractivity contribution in [3.05, 3.63) is 23.3 Å². The molecule has 0 bridgehead atoms. The van der Waals surface area contributed by atoms with Gasteiger partial charge in [-0.3, -0.25) is 4.79 Å². The number of fused-ring (bicyclic) bond motifs is 3. The van der Waals surface area contributed by atoms with Crippen LogP contribution in [0.15, 0.2) is 23.3 Å². The van der Waals surface area contributed by atoms with Gasteiger partial charge in [0.25, 0.3) is 0 Å². The second kappa shape index (κ2) is 4.29. The highest BCUT2D eigenvalue weighted by molar-refractivity contribution is 5.97. The molecule has 0 aliphatic heterocycles. The molecule has 0 unspecified atom stereocenters. The molecule has 3 nitrogen and oxygen atoms in total. The van der Waals surface area contributed by atoms with Gasteiger partial charge in [-0.05, 0) is 54.6 Å². The number of hydrogen-bond donors (Lipinski definition) is 2. The maximum Gasteiger partial charge on any atom is 0.158 e. The first kappa shape index (κ1) is 13.1. The number of hydrogen-bond acceptors (Lipinski definition) is 3. The van der Waals surface area contributed by atoms with Gasteiger partial charge in [0.1, 0.15) is 0 Å². The first-order valence-corrected chi connectivity index (χ1v) is 7.22. The Morgan fingerprint density at radius 2 is 2.05 bits per heavy atom. The highest BCUT2D eigenvalue weighted by Gasteiger charge is 2.49. The minimum Gasteiger partial charge on any atom is -0.390 e. The molecule has 0 aromatic carbocycles. The summed E-state index contributed by atoms with van der Waals surface area (Å²) in [6, 6.07) is 0. The lowest BCUT2D eigenvalue weighted by Crippen LogP contribution is -2.49. The van der Waals surface area contributed by atoms with E-state index >= 15 is 0 Å². The average Bonchev–Trinajstić information content (AvgIpc) is 2.36. The standard InChI is InChI=1S/C16H22O3/c1-9-10-5-6-16(2)8-15(19)14(18)7-12(16)11(10)3-4-13(9)17/h5-6,11-12,14-15,18-19H,3-4,7-8H2,1-2H3/t11-,12-,14-,15+,16-/m1/s1. The Morgan fingerprint density at radius 3 is 2.79 bits per heavy atom. The van der Waals surface area contributed by atoms with E-state index < -0.39 is 12.2 Å². The molecule has 104 valence electrons. The lowest BCUT2D eigenvalue weighted by molar-refractivity contribution is -0.117. The zero-order chi connectivity index (χ0) is 13.8. The summed E-state index contributed by atoms with van der Waals surface area (Å²) in [7, 11) is 0. The van der Waals surface area contributed by atoms with Crippen LogP contribution in [0.5, 0.6) is 0 Å². The molecule has 3 aliphatic carbocycles. The van der Waals surface area contributed by atoms with Crippen molar-refractivity contribution >= 4 is 5.78 Å². The van der Waals surface area contributed by atoms with Crippen molar-refractivity contribution in [1.29, 1.82) is 0 Å². The Kier molecular flexibility index (Phi) is 2.95. The van der Waals surface area contributed by atoms with Gasteiger partial charge in [0.05, 0.1) is 12.2 Å². The third-order valence-corrected chi connectivity index (χ3v) is 5.50. The van der Waals surface area contributed by atoms with Crippen LogP contribution in [0.2, 0.25) is 0 Å². The van der Waals surface area contributed by atoms with E-state index in [0.29, 0.717) is 31.1 Å². The maximum absolute atomic E-state index is 11.8. The molecule has 2 N–H and O–H groups in total. The fourth-order valence-corrected chi connectivity index (χ4v) is 4.26. The molecule has 0 heterocycles. The molecule has 0 spiro atoms. The summed E-state index contributed by atoms with van der Waals surface area (Å²) >= 11 is 0. The Labute approximate surface area is 114 Å². The zero-order valence-electron chi connectivity index (χ0n) is 11.6. The number of carbonyl (C=O) groups is 1. The second-order valence-corrected chi connectivity index (χ2v) is 6.67. The molecule has 0 aromatic heterocycles. The van der Waals surface area contributed by atoms with Gasteiger partial charge in [-0.1, -0.05) is 19.1 Å². The van der Waals surface area contributed by atoms with Gasteiger partial charge >= 0.3 is 0 Å². The first-order valence-electron chi connectivity index (χ1n) is 7.22. The van der Waals surface area contributed by atoms with E-state index in [9.17, 15) is 15.0 Å². The Bertz CT molecular complexity index is 476. The minimum atomic E-state index is -0.622.